The molecule has 1 saturated heterocycles. The van der Waals surface area contributed by atoms with Crippen molar-refractivity contribution < 1.29 is 18.0 Å². The molecule has 5 nitrogen and oxygen atoms in total. The fourth-order valence-corrected chi connectivity index (χ4v) is 5.01. The molecule has 1 aliphatic heterocycles. The summed E-state index contributed by atoms with van der Waals surface area (Å²) in [6.45, 7) is 1.55. The lowest BCUT2D eigenvalue weighted by Gasteiger charge is -2.40. The van der Waals surface area contributed by atoms with Crippen LogP contribution in [0, 0.1) is 0 Å². The number of halogens is 4. The van der Waals surface area contributed by atoms with E-state index in [1.807, 2.05) is 0 Å². The Hall–Kier alpha value is -2.45. The van der Waals surface area contributed by atoms with Crippen LogP contribution >= 0.6 is 11.6 Å². The number of nitrogens with zero attached hydrogens (tertiary/aromatic N) is 1. The zero-order chi connectivity index (χ0) is 24.1. The van der Waals surface area contributed by atoms with Gasteiger partial charge in [-0.05, 0) is 74.2 Å². The smallest absolute Gasteiger partial charge is 0.370 e. The molecule has 0 spiro atoms. The minimum absolute atomic E-state index is 0.0162. The van der Waals surface area contributed by atoms with Gasteiger partial charge in [0.2, 0.25) is 0 Å². The van der Waals surface area contributed by atoms with Gasteiger partial charge in [0.25, 0.3) is 0 Å². The fraction of sp³-hybridized carbons (Fsp3) is 0.480. The molecule has 1 aliphatic carbocycles. The van der Waals surface area contributed by atoms with Crippen LogP contribution in [0.3, 0.4) is 0 Å². The van der Waals surface area contributed by atoms with Crippen LogP contribution in [0.2, 0.25) is 5.02 Å². The van der Waals surface area contributed by atoms with E-state index >= 15 is 0 Å². The van der Waals surface area contributed by atoms with Crippen molar-refractivity contribution in [2.45, 2.75) is 62.8 Å². The third-order valence-corrected chi connectivity index (χ3v) is 6.87. The highest BCUT2D eigenvalue weighted by Crippen LogP contribution is 2.31. The second-order valence-electron chi connectivity index (χ2n) is 9.10. The first-order valence-electron chi connectivity index (χ1n) is 11.8. The van der Waals surface area contributed by atoms with Gasteiger partial charge in [0.05, 0.1) is 5.56 Å². The first-order chi connectivity index (χ1) is 16.3. The summed E-state index contributed by atoms with van der Waals surface area (Å²) in [6, 6.07) is 12.5. The molecule has 0 aromatic heterocycles. The first kappa shape index (κ1) is 24.7. The maximum atomic E-state index is 12.9. The highest BCUT2D eigenvalue weighted by Gasteiger charge is 2.32. The van der Waals surface area contributed by atoms with E-state index in [9.17, 15) is 18.0 Å². The summed E-state index contributed by atoms with van der Waals surface area (Å²) < 4.78 is 38.7. The third-order valence-electron chi connectivity index (χ3n) is 6.62. The predicted molar refractivity (Wildman–Crippen MR) is 129 cm³/mol. The van der Waals surface area contributed by atoms with Crippen LogP contribution in [0.25, 0.3) is 0 Å². The van der Waals surface area contributed by atoms with Crippen LogP contribution in [0.15, 0.2) is 48.5 Å². The van der Waals surface area contributed by atoms with Gasteiger partial charge in [-0.25, -0.2) is 4.79 Å². The summed E-state index contributed by atoms with van der Waals surface area (Å²) in [6.07, 6.45) is 1.67. The molecule has 1 saturated carbocycles. The lowest BCUT2D eigenvalue weighted by atomic mass is 9.89. The monoisotopic (exact) mass is 494 g/mol. The van der Waals surface area contributed by atoms with Crippen molar-refractivity contribution in [3.8, 4) is 0 Å². The van der Waals surface area contributed by atoms with Crippen LogP contribution in [0.4, 0.5) is 29.3 Å². The second-order valence-corrected chi connectivity index (χ2v) is 9.54. The van der Waals surface area contributed by atoms with Gasteiger partial charge in [-0.15, -0.1) is 0 Å². The molecule has 2 aliphatic rings. The van der Waals surface area contributed by atoms with Gasteiger partial charge in [-0.3, -0.25) is 0 Å². The van der Waals surface area contributed by atoms with E-state index in [0.29, 0.717) is 10.7 Å². The molecule has 1 heterocycles. The lowest BCUT2D eigenvalue weighted by Crippen LogP contribution is -2.57. The lowest BCUT2D eigenvalue weighted by molar-refractivity contribution is -0.137. The third kappa shape index (κ3) is 6.57. The molecule has 0 radical (unpaired) electrons. The van der Waals surface area contributed by atoms with Gasteiger partial charge >= 0.3 is 12.2 Å². The van der Waals surface area contributed by atoms with Crippen molar-refractivity contribution >= 4 is 29.0 Å². The highest BCUT2D eigenvalue weighted by molar-refractivity contribution is 6.30. The first-order valence-corrected chi connectivity index (χ1v) is 12.2. The second kappa shape index (κ2) is 10.9. The van der Waals surface area contributed by atoms with Gasteiger partial charge in [0.15, 0.2) is 0 Å². The van der Waals surface area contributed by atoms with Gasteiger partial charge in [-0.1, -0.05) is 24.4 Å². The van der Waals surface area contributed by atoms with E-state index in [2.05, 4.69) is 20.9 Å². The van der Waals surface area contributed by atoms with Crippen molar-refractivity contribution in [2.75, 3.05) is 23.3 Å². The Morgan fingerprint density at radius 1 is 0.912 bits per heavy atom. The number of benzene rings is 2. The standard InChI is InChI=1S/C25H30ClF3N4O/c26-18-9-11-19(12-10-18)31-24(34)32-23-6-2-1-5-22(23)30-20-4-3-15-33(16-20)21-13-7-17(8-14-21)25(27,28)29/h7-14,20,22-23,30H,1-6,15-16H2,(H2,31,32,34)/t20-,22+,23+/m0/s1. The maximum Gasteiger partial charge on any atom is 0.416 e. The fourth-order valence-electron chi connectivity index (χ4n) is 4.88. The Labute approximate surface area is 203 Å². The van der Waals surface area contributed by atoms with E-state index in [4.69, 9.17) is 11.6 Å². The molecule has 2 aromatic carbocycles. The van der Waals surface area contributed by atoms with Crippen LogP contribution < -0.4 is 20.9 Å². The summed E-state index contributed by atoms with van der Waals surface area (Å²) >= 11 is 5.90. The zero-order valence-electron chi connectivity index (χ0n) is 18.9. The van der Waals surface area contributed by atoms with Crippen molar-refractivity contribution in [1.29, 1.82) is 0 Å². The van der Waals surface area contributed by atoms with Crippen LogP contribution in [-0.4, -0.2) is 37.2 Å². The molecular formula is C25H30ClF3N4O. The molecule has 184 valence electrons. The summed E-state index contributed by atoms with van der Waals surface area (Å²) in [5, 5.41) is 10.3. The Kier molecular flexibility index (Phi) is 7.88. The number of carbonyl (C=O) groups excluding carboxylic acids is 1. The molecule has 4 rings (SSSR count). The molecule has 34 heavy (non-hydrogen) atoms. The Balaban J connectivity index is 1.33. The summed E-state index contributed by atoms with van der Waals surface area (Å²) in [5.41, 5.74) is 0.859. The molecule has 2 aromatic rings. The number of hydrogen-bond acceptors (Lipinski definition) is 3. The Bertz CT molecular complexity index is 952. The Morgan fingerprint density at radius 3 is 2.26 bits per heavy atom. The number of carbonyl (C=O) groups is 1. The molecular weight excluding hydrogens is 465 g/mol. The van der Waals surface area contributed by atoms with Crippen molar-refractivity contribution in [1.82, 2.24) is 10.6 Å². The number of anilines is 2. The molecule has 3 atom stereocenters. The number of alkyl halides is 3. The largest absolute Gasteiger partial charge is 0.416 e. The number of piperidine rings is 1. The SMILES string of the molecule is O=C(Nc1ccc(Cl)cc1)N[C@@H]1CCCC[C@H]1N[C@H]1CCCN(c2ccc(C(F)(F)F)cc2)C1. The van der Waals surface area contributed by atoms with Crippen LogP contribution in [-0.2, 0) is 6.18 Å². The topological polar surface area (TPSA) is 56.4 Å². The predicted octanol–water partition coefficient (Wildman–Crippen LogP) is 6.05. The average molecular weight is 495 g/mol. The molecule has 0 unspecified atom stereocenters. The normalized spacial score (nSPS) is 23.4. The number of nitrogens with one attached hydrogen (secondary N) is 3. The zero-order valence-corrected chi connectivity index (χ0v) is 19.6. The number of amides is 2. The maximum absolute atomic E-state index is 12.9. The minimum atomic E-state index is -4.33. The van der Waals surface area contributed by atoms with Crippen LogP contribution in [0.5, 0.6) is 0 Å². The molecule has 2 amide bonds. The Morgan fingerprint density at radius 2 is 1.59 bits per heavy atom. The summed E-state index contributed by atoms with van der Waals surface area (Å²) in [7, 11) is 0. The quantitative estimate of drug-likeness (QED) is 0.474. The van der Waals surface area contributed by atoms with Gasteiger partial charge < -0.3 is 20.9 Å². The minimum Gasteiger partial charge on any atom is -0.370 e. The summed E-state index contributed by atoms with van der Waals surface area (Å²) in [4.78, 5) is 14.7. The van der Waals surface area contributed by atoms with Crippen molar-refractivity contribution in [3.05, 3.63) is 59.1 Å². The molecule has 2 fully saturated rings. The summed E-state index contributed by atoms with van der Waals surface area (Å²) in [5.74, 6) is 0. The van der Waals surface area contributed by atoms with Crippen LogP contribution in [0.1, 0.15) is 44.1 Å². The van der Waals surface area contributed by atoms with Gasteiger partial charge in [0.1, 0.15) is 0 Å². The van der Waals surface area contributed by atoms with Gasteiger partial charge in [0, 0.05) is 47.6 Å². The van der Waals surface area contributed by atoms with E-state index in [-0.39, 0.29) is 24.2 Å². The van der Waals surface area contributed by atoms with E-state index in [0.717, 1.165) is 69.4 Å². The molecule has 3 N–H and O–H groups in total. The van der Waals surface area contributed by atoms with Gasteiger partial charge in [-0.2, -0.15) is 13.2 Å². The van der Waals surface area contributed by atoms with E-state index in [1.54, 1.807) is 36.4 Å². The van der Waals surface area contributed by atoms with Crippen molar-refractivity contribution in [3.63, 3.8) is 0 Å². The molecule has 9 heteroatoms. The molecule has 0 bridgehead atoms. The highest BCUT2D eigenvalue weighted by atomic mass is 35.5. The number of hydrogen-bond donors (Lipinski definition) is 3. The number of rotatable bonds is 5. The van der Waals surface area contributed by atoms with Crippen molar-refractivity contribution in [2.24, 2.45) is 0 Å². The number of urea groups is 1. The average Bonchev–Trinajstić information content (AvgIpc) is 2.82. The van der Waals surface area contributed by atoms with E-state index in [1.165, 1.54) is 0 Å². The van der Waals surface area contributed by atoms with E-state index < -0.39 is 11.7 Å².